The monoisotopic (exact) mass is 935 g/mol. The van der Waals surface area contributed by atoms with Gasteiger partial charge in [0.05, 0.1) is 22.2 Å². The third-order valence-electron chi connectivity index (χ3n) is 14.1. The Morgan fingerprint density at radius 2 is 1.10 bits per heavy atom. The van der Waals surface area contributed by atoms with Crippen molar-refractivity contribution in [2.75, 3.05) is 4.90 Å². The Morgan fingerprint density at radius 3 is 1.80 bits per heavy atom. The first kappa shape index (κ1) is 35.2. The number of fused-ring (bicyclic) bond motifs is 10. The summed E-state index contributed by atoms with van der Waals surface area (Å²) >= 11 is 0. The zero-order valence-electron chi connectivity index (χ0n) is 49.7. The highest BCUT2D eigenvalue weighted by atomic mass is 16.5. The molecule has 0 fully saturated rings. The first-order chi connectivity index (χ1) is 37.8. The van der Waals surface area contributed by atoms with E-state index in [0.29, 0.717) is 34.9 Å². The molecule has 0 aliphatic carbocycles. The van der Waals surface area contributed by atoms with E-state index in [-0.39, 0.29) is 11.0 Å². The van der Waals surface area contributed by atoms with Crippen LogP contribution in [-0.4, -0.2) is 19.1 Å². The minimum atomic E-state index is -3.46. The second kappa shape index (κ2) is 16.3. The van der Waals surface area contributed by atoms with Gasteiger partial charge in [-0.2, -0.15) is 0 Å². The van der Waals surface area contributed by atoms with Crippen molar-refractivity contribution in [2.24, 2.45) is 0 Å². The molecule has 0 atom stereocenters. The van der Waals surface area contributed by atoms with E-state index in [4.69, 9.17) is 27.0 Å². The number of benzene rings is 7. The van der Waals surface area contributed by atoms with Crippen molar-refractivity contribution in [1.29, 1.82) is 0 Å². The van der Waals surface area contributed by atoms with Crippen LogP contribution in [0.2, 0.25) is 0 Å². The summed E-state index contributed by atoms with van der Waals surface area (Å²) < 4.78 is 90.4. The molecule has 71 heavy (non-hydrogen) atoms. The molecule has 7 aromatic carbocycles. The lowest BCUT2D eigenvalue weighted by Crippen LogP contribution is -2.17. The van der Waals surface area contributed by atoms with Crippen molar-refractivity contribution in [3.8, 4) is 28.4 Å². The van der Waals surface area contributed by atoms with Crippen LogP contribution in [0.1, 0.15) is 91.1 Å². The van der Waals surface area contributed by atoms with Gasteiger partial charge in [0.2, 0.25) is 0 Å². The molecule has 0 radical (unpaired) electrons. The fourth-order valence-corrected chi connectivity index (χ4v) is 10.5. The molecule has 12 rings (SSSR count). The molecule has 350 valence electrons. The Kier molecular flexibility index (Phi) is 8.08. The van der Waals surface area contributed by atoms with E-state index in [0.717, 1.165) is 88.0 Å². The summed E-state index contributed by atoms with van der Waals surface area (Å²) in [5.74, 6) is 2.00. The Morgan fingerprint density at radius 1 is 0.479 bits per heavy atom. The fraction of sp³-hybridized carbons (Fsp3) is 0.200. The molecule has 0 N–H and O–H groups in total. The summed E-state index contributed by atoms with van der Waals surface area (Å²) in [6.45, 7) is 2.32. The number of nitrogens with zero attached hydrogens (tertiary/aromatic N) is 5. The van der Waals surface area contributed by atoms with Gasteiger partial charge in [-0.25, -0.2) is 9.97 Å². The van der Waals surface area contributed by atoms with Gasteiger partial charge in [0.1, 0.15) is 29.6 Å². The summed E-state index contributed by atoms with van der Waals surface area (Å²) in [4.78, 5) is 11.9. The highest BCUT2D eigenvalue weighted by Crippen LogP contribution is 2.46. The number of pyridine rings is 2. The van der Waals surface area contributed by atoms with Gasteiger partial charge in [-0.3, -0.25) is 4.57 Å². The zero-order valence-corrected chi connectivity index (χ0v) is 40.7. The number of rotatable bonds is 5. The molecule has 5 heterocycles. The summed E-state index contributed by atoms with van der Waals surface area (Å²) in [5.41, 5.74) is 3.75. The number of anilines is 2. The van der Waals surface area contributed by atoms with Gasteiger partial charge in [-0.15, -0.1) is 0 Å². The van der Waals surface area contributed by atoms with E-state index in [1.54, 1.807) is 6.20 Å². The van der Waals surface area contributed by atoms with Crippen LogP contribution in [0.5, 0.6) is 11.5 Å². The molecule has 1 aliphatic heterocycles. The Labute approximate surface area is 428 Å². The maximum Gasteiger partial charge on any atom is 0.146 e. The predicted octanol–water partition coefficient (Wildman–Crippen LogP) is 17.6. The number of aromatic nitrogens is 4. The predicted molar refractivity (Wildman–Crippen MR) is 299 cm³/mol. The lowest BCUT2D eigenvalue weighted by atomic mass is 9.78. The quantitative estimate of drug-likeness (QED) is 0.173. The van der Waals surface area contributed by atoms with Crippen LogP contribution in [-0.2, 0) is 22.9 Å². The van der Waals surface area contributed by atoms with Crippen molar-refractivity contribution < 1.29 is 17.1 Å². The molecule has 0 bridgehead atoms. The van der Waals surface area contributed by atoms with Gasteiger partial charge < -0.3 is 14.2 Å². The topological polar surface area (TPSA) is 48.1 Å². The molecule has 1 aliphatic rings. The minimum Gasteiger partial charge on any atom is -0.457 e. The number of para-hydroxylation sites is 2. The molecule has 6 heteroatoms. The number of ether oxygens (including phenoxy) is 1. The third kappa shape index (κ3) is 7.56. The van der Waals surface area contributed by atoms with Gasteiger partial charge in [-0.1, -0.05) is 165 Å². The summed E-state index contributed by atoms with van der Waals surface area (Å²) in [5, 5.41) is 7.86. The number of hydrogen-bond acceptors (Lipinski definition) is 4. The van der Waals surface area contributed by atoms with Gasteiger partial charge in [0.25, 0.3) is 0 Å². The maximum atomic E-state index is 8.80. The van der Waals surface area contributed by atoms with Crippen LogP contribution in [0.4, 0.5) is 11.4 Å². The van der Waals surface area contributed by atoms with Crippen molar-refractivity contribution in [3.05, 3.63) is 199 Å². The van der Waals surface area contributed by atoms with E-state index in [1.165, 1.54) is 12.1 Å². The summed E-state index contributed by atoms with van der Waals surface area (Å²) in [6.07, 6.45) is 3.65. The average Bonchev–Trinajstić information content (AvgIpc) is 3.97. The van der Waals surface area contributed by atoms with Gasteiger partial charge >= 0.3 is 0 Å². The molecular weight excluding hydrogens is 867 g/mol. The molecular formula is C65H59N5O. The summed E-state index contributed by atoms with van der Waals surface area (Å²) in [7, 11) is 0. The Balaban J connectivity index is 1.08. The summed E-state index contributed by atoms with van der Waals surface area (Å²) in [6, 6.07) is 56.2. The molecule has 11 aromatic rings. The lowest BCUT2D eigenvalue weighted by molar-refractivity contribution is 0.483. The first-order valence-electron chi connectivity index (χ1n) is 28.7. The second-order valence-corrected chi connectivity index (χ2v) is 20.9. The molecule has 6 nitrogen and oxygen atoms in total. The molecule has 0 amide bonds. The number of hydrogen-bond donors (Lipinski definition) is 0. The van der Waals surface area contributed by atoms with Crippen LogP contribution >= 0.6 is 0 Å². The minimum absolute atomic E-state index is 0.0979. The van der Waals surface area contributed by atoms with Crippen molar-refractivity contribution in [1.82, 2.24) is 19.1 Å². The highest BCUT2D eigenvalue weighted by molar-refractivity contribution is 6.22. The third-order valence-corrected chi connectivity index (χ3v) is 14.1. The van der Waals surface area contributed by atoms with Crippen LogP contribution in [0.25, 0.3) is 82.2 Å². The second-order valence-electron chi connectivity index (χ2n) is 20.9. The SMILES string of the molecule is [2H]C([2H])([2H])C(c1cc(-c2cccc3c4ccccc4c4ccccc4c4cccc5c4n(c23)CN5c2cccc(Oc3ccc4c5cccnc5n(-c5cc(C(C)(C)C)ccn5)c4c3)c2)cc(C(C)(C)C)c1)(C([2H])([2H])[2H])C([2H])([2H])[2H]. The standard InChI is InChI=1S/C65H59N5O/c1-63(2,3)42-31-33-66-59(37-42)70-58-39-47(29-30-53(58)56-27-17-32-67-62(56)70)71-46-19-14-18-45(38-46)68-40-69-60-48(41-34-43(64(4,5)6)36-44(35-41)65(7,8)9)24-15-25-54(60)51-22-12-10-20-49(51)50-21-11-13-23-52(50)55-26-16-28-57(68)61(55)69/h10-39H,40H2,1-9H3/i4D3,5D3,6D3. The Bertz CT molecular complexity index is 4350. The van der Waals surface area contributed by atoms with E-state index < -0.39 is 31.4 Å². The van der Waals surface area contributed by atoms with Crippen molar-refractivity contribution in [2.45, 2.75) is 85.0 Å². The zero-order chi connectivity index (χ0) is 56.5. The molecule has 4 aromatic heterocycles. The van der Waals surface area contributed by atoms with E-state index in [2.05, 4.69) is 120 Å². The largest absolute Gasteiger partial charge is 0.457 e. The lowest BCUT2D eigenvalue weighted by Gasteiger charge is -2.27. The Hall–Kier alpha value is -7.96. The van der Waals surface area contributed by atoms with Gasteiger partial charge in [0.15, 0.2) is 0 Å². The maximum absolute atomic E-state index is 8.80. The molecule has 0 saturated heterocycles. The van der Waals surface area contributed by atoms with Crippen molar-refractivity contribution in [3.63, 3.8) is 0 Å². The normalized spacial score (nSPS) is 15.5. The van der Waals surface area contributed by atoms with Gasteiger partial charge in [0, 0.05) is 69.7 Å². The van der Waals surface area contributed by atoms with Crippen LogP contribution in [0.3, 0.4) is 0 Å². The first-order valence-corrected chi connectivity index (χ1v) is 24.2. The van der Waals surface area contributed by atoms with Crippen LogP contribution < -0.4 is 9.64 Å². The van der Waals surface area contributed by atoms with Gasteiger partial charge in [-0.05, 0) is 115 Å². The highest BCUT2D eigenvalue weighted by Gasteiger charge is 2.28. The fourth-order valence-electron chi connectivity index (χ4n) is 10.5. The molecule has 0 unspecified atom stereocenters. The average molecular weight is 935 g/mol. The van der Waals surface area contributed by atoms with Crippen LogP contribution in [0.15, 0.2) is 182 Å². The van der Waals surface area contributed by atoms with E-state index in [9.17, 15) is 0 Å². The van der Waals surface area contributed by atoms with Crippen molar-refractivity contribution >= 4 is 76.7 Å². The van der Waals surface area contributed by atoms with E-state index in [1.807, 2.05) is 99.8 Å². The molecule has 0 spiro atoms. The van der Waals surface area contributed by atoms with Crippen LogP contribution in [0, 0.1) is 0 Å². The smallest absolute Gasteiger partial charge is 0.146 e. The molecule has 0 saturated carbocycles. The van der Waals surface area contributed by atoms with E-state index >= 15 is 0 Å².